The number of methoxy groups -OCH3 is 1. The van der Waals surface area contributed by atoms with Gasteiger partial charge in [-0.05, 0) is 51.7 Å². The van der Waals surface area contributed by atoms with Crippen molar-refractivity contribution in [3.8, 4) is 5.75 Å². The molecule has 0 radical (unpaired) electrons. The number of benzene rings is 3. The average Bonchev–Trinajstić information content (AvgIpc) is 2.85. The molecule has 0 unspecified atom stereocenters. The molecule has 0 saturated heterocycles. The van der Waals surface area contributed by atoms with Crippen molar-refractivity contribution in [3.05, 3.63) is 98.0 Å². The molecule has 9 heteroatoms. The summed E-state index contributed by atoms with van der Waals surface area (Å²) in [6.07, 6.45) is 0. The number of nitro groups is 1. The zero-order valence-corrected chi connectivity index (χ0v) is 21.2. The van der Waals surface area contributed by atoms with E-state index in [-0.39, 0.29) is 29.3 Å². The van der Waals surface area contributed by atoms with Gasteiger partial charge < -0.3 is 14.4 Å². The molecule has 3 rings (SSSR count). The standard InChI is InChI=1S/C26H25BrN2O6/c1-17(2)15-28(25(30)21-14-20(29(32)33)9-11-23(21)27)19-10-12-24(22(13-19)26(31)34-3)35-16-18-7-5-4-6-8-18/h4-14,17H,15-16H2,1-3H3. The number of esters is 1. The molecule has 0 saturated carbocycles. The van der Waals surface area contributed by atoms with E-state index in [0.717, 1.165) is 5.56 Å². The second-order valence-electron chi connectivity index (χ2n) is 8.18. The van der Waals surface area contributed by atoms with E-state index in [0.29, 0.717) is 22.5 Å². The number of anilines is 1. The van der Waals surface area contributed by atoms with Gasteiger partial charge in [0.05, 0.1) is 17.6 Å². The van der Waals surface area contributed by atoms with Crippen LogP contribution in [0.5, 0.6) is 5.75 Å². The second kappa shape index (κ2) is 11.6. The minimum Gasteiger partial charge on any atom is -0.488 e. The molecule has 0 aliphatic carbocycles. The SMILES string of the molecule is COC(=O)c1cc(N(CC(C)C)C(=O)c2cc([N+](=O)[O-])ccc2Br)ccc1OCc1ccccc1. The molecule has 35 heavy (non-hydrogen) atoms. The molecule has 0 aliphatic heterocycles. The van der Waals surface area contributed by atoms with Crippen LogP contribution in [0.3, 0.4) is 0 Å². The first-order valence-corrected chi connectivity index (χ1v) is 11.7. The number of carbonyl (C=O) groups is 2. The van der Waals surface area contributed by atoms with Crippen LogP contribution in [-0.2, 0) is 11.3 Å². The fraction of sp³-hybridized carbons (Fsp3) is 0.231. The lowest BCUT2D eigenvalue weighted by Crippen LogP contribution is -2.34. The Labute approximate surface area is 211 Å². The van der Waals surface area contributed by atoms with E-state index in [2.05, 4.69) is 15.9 Å². The largest absolute Gasteiger partial charge is 0.488 e. The fourth-order valence-electron chi connectivity index (χ4n) is 3.42. The molecule has 0 N–H and O–H groups in total. The Morgan fingerprint density at radius 1 is 1.03 bits per heavy atom. The molecule has 0 heterocycles. The Morgan fingerprint density at radius 3 is 2.37 bits per heavy atom. The van der Waals surface area contributed by atoms with E-state index in [4.69, 9.17) is 9.47 Å². The molecule has 0 fully saturated rings. The van der Waals surface area contributed by atoms with Gasteiger partial charge in [-0.15, -0.1) is 0 Å². The molecule has 0 bridgehead atoms. The van der Waals surface area contributed by atoms with Gasteiger partial charge in [0, 0.05) is 28.8 Å². The molecule has 0 spiro atoms. The van der Waals surface area contributed by atoms with Crippen molar-refractivity contribution in [1.29, 1.82) is 0 Å². The summed E-state index contributed by atoms with van der Waals surface area (Å²) >= 11 is 3.33. The first-order chi connectivity index (χ1) is 16.7. The van der Waals surface area contributed by atoms with Crippen molar-refractivity contribution in [2.24, 2.45) is 5.92 Å². The highest BCUT2D eigenvalue weighted by Crippen LogP contribution is 2.30. The lowest BCUT2D eigenvalue weighted by molar-refractivity contribution is -0.384. The van der Waals surface area contributed by atoms with Crippen molar-refractivity contribution >= 4 is 39.2 Å². The molecule has 1 amide bonds. The van der Waals surface area contributed by atoms with E-state index >= 15 is 0 Å². The lowest BCUT2D eigenvalue weighted by Gasteiger charge is -2.26. The van der Waals surface area contributed by atoms with Gasteiger partial charge >= 0.3 is 5.97 Å². The van der Waals surface area contributed by atoms with E-state index < -0.39 is 16.8 Å². The van der Waals surface area contributed by atoms with Crippen molar-refractivity contribution in [1.82, 2.24) is 0 Å². The van der Waals surface area contributed by atoms with Gasteiger partial charge in [-0.3, -0.25) is 14.9 Å². The van der Waals surface area contributed by atoms with Crippen LogP contribution in [0.15, 0.2) is 71.2 Å². The summed E-state index contributed by atoms with van der Waals surface area (Å²) in [5, 5.41) is 11.3. The summed E-state index contributed by atoms with van der Waals surface area (Å²) in [4.78, 5) is 38.3. The first kappa shape index (κ1) is 25.9. The minimum absolute atomic E-state index is 0.0759. The summed E-state index contributed by atoms with van der Waals surface area (Å²) in [6.45, 7) is 4.46. The van der Waals surface area contributed by atoms with Crippen LogP contribution in [0.25, 0.3) is 0 Å². The number of ether oxygens (including phenoxy) is 2. The van der Waals surface area contributed by atoms with Crippen LogP contribution in [0, 0.1) is 16.0 Å². The average molecular weight is 541 g/mol. The molecule has 182 valence electrons. The van der Waals surface area contributed by atoms with Crippen LogP contribution >= 0.6 is 15.9 Å². The Kier molecular flexibility index (Phi) is 8.59. The topological polar surface area (TPSA) is 99.0 Å². The van der Waals surface area contributed by atoms with Crippen molar-refractivity contribution in [2.45, 2.75) is 20.5 Å². The maximum absolute atomic E-state index is 13.5. The van der Waals surface area contributed by atoms with Gasteiger partial charge in [0.15, 0.2) is 0 Å². The van der Waals surface area contributed by atoms with Gasteiger partial charge in [-0.2, -0.15) is 0 Å². The predicted octanol–water partition coefficient (Wildman–Crippen LogP) is 6.03. The van der Waals surface area contributed by atoms with Gasteiger partial charge in [0.25, 0.3) is 11.6 Å². The van der Waals surface area contributed by atoms with Crippen molar-refractivity contribution in [3.63, 3.8) is 0 Å². The fourth-order valence-corrected chi connectivity index (χ4v) is 3.84. The van der Waals surface area contributed by atoms with Crippen LogP contribution in [0.2, 0.25) is 0 Å². The van der Waals surface area contributed by atoms with E-state index in [9.17, 15) is 19.7 Å². The molecule has 0 aromatic heterocycles. The second-order valence-corrected chi connectivity index (χ2v) is 9.03. The number of hydrogen-bond acceptors (Lipinski definition) is 6. The Bertz CT molecular complexity index is 1230. The van der Waals surface area contributed by atoms with Crippen LogP contribution < -0.4 is 9.64 Å². The van der Waals surface area contributed by atoms with Crippen molar-refractivity contribution < 1.29 is 24.0 Å². The Hall–Kier alpha value is -3.72. The third kappa shape index (κ3) is 6.45. The summed E-state index contributed by atoms with van der Waals surface area (Å²) < 4.78 is 11.3. The van der Waals surface area contributed by atoms with Gasteiger partial charge in [0.1, 0.15) is 17.9 Å². The summed E-state index contributed by atoms with van der Waals surface area (Å²) in [7, 11) is 1.27. The highest BCUT2D eigenvalue weighted by molar-refractivity contribution is 9.10. The minimum atomic E-state index is -0.608. The van der Waals surface area contributed by atoms with Crippen molar-refractivity contribution in [2.75, 3.05) is 18.6 Å². The van der Waals surface area contributed by atoms with Crippen LogP contribution in [0.4, 0.5) is 11.4 Å². The van der Waals surface area contributed by atoms with E-state index in [1.165, 1.54) is 36.3 Å². The summed E-state index contributed by atoms with van der Waals surface area (Å²) in [6, 6.07) is 18.4. The molecule has 3 aromatic carbocycles. The third-order valence-corrected chi connectivity index (χ3v) is 5.79. The number of carbonyl (C=O) groups excluding carboxylic acids is 2. The smallest absolute Gasteiger partial charge is 0.341 e. The zero-order valence-electron chi connectivity index (χ0n) is 19.6. The van der Waals surface area contributed by atoms with Gasteiger partial charge in [-0.1, -0.05) is 44.2 Å². The van der Waals surface area contributed by atoms with Crippen LogP contribution in [0.1, 0.15) is 40.1 Å². The number of non-ortho nitro benzene ring substituents is 1. The number of rotatable bonds is 9. The number of halogens is 1. The number of amides is 1. The van der Waals surface area contributed by atoms with E-state index in [1.807, 2.05) is 44.2 Å². The molecule has 0 aliphatic rings. The highest BCUT2D eigenvalue weighted by atomic mass is 79.9. The number of hydrogen-bond donors (Lipinski definition) is 0. The highest BCUT2D eigenvalue weighted by Gasteiger charge is 2.25. The number of nitrogens with zero attached hydrogens (tertiary/aromatic N) is 2. The molecule has 8 nitrogen and oxygen atoms in total. The monoisotopic (exact) mass is 540 g/mol. The van der Waals surface area contributed by atoms with Gasteiger partial charge in [-0.25, -0.2) is 4.79 Å². The van der Waals surface area contributed by atoms with E-state index in [1.54, 1.807) is 12.1 Å². The zero-order chi connectivity index (χ0) is 25.5. The lowest BCUT2D eigenvalue weighted by atomic mass is 10.1. The Balaban J connectivity index is 2.01. The normalized spacial score (nSPS) is 10.7. The summed E-state index contributed by atoms with van der Waals surface area (Å²) in [5.41, 5.74) is 1.49. The maximum atomic E-state index is 13.5. The number of nitro benzene ring substituents is 1. The van der Waals surface area contributed by atoms with Gasteiger partial charge in [0.2, 0.25) is 0 Å². The molecule has 3 aromatic rings. The first-order valence-electron chi connectivity index (χ1n) is 10.9. The Morgan fingerprint density at radius 2 is 1.74 bits per heavy atom. The molecule has 0 atom stereocenters. The van der Waals surface area contributed by atoms with Crippen LogP contribution in [-0.4, -0.2) is 30.5 Å². The summed E-state index contributed by atoms with van der Waals surface area (Å²) in [5.74, 6) is -0.656. The predicted molar refractivity (Wildman–Crippen MR) is 136 cm³/mol. The third-order valence-electron chi connectivity index (χ3n) is 5.10. The quantitative estimate of drug-likeness (QED) is 0.187. The maximum Gasteiger partial charge on any atom is 0.341 e. The molecular weight excluding hydrogens is 516 g/mol. The molecular formula is C26H25BrN2O6.